The number of aliphatic hydroxyl groups is 4. The van der Waals surface area contributed by atoms with Gasteiger partial charge in [-0.2, -0.15) is 0 Å². The van der Waals surface area contributed by atoms with Crippen LogP contribution in [0.25, 0.3) is 0 Å². The van der Waals surface area contributed by atoms with Gasteiger partial charge >= 0.3 is 0 Å². The number of aliphatic hydroxyl groups excluding tert-OH is 4. The lowest BCUT2D eigenvalue weighted by Crippen LogP contribution is -2.53. The molecule has 4 atom stereocenters. The molecule has 0 aromatic heterocycles. The zero-order valence-electron chi connectivity index (χ0n) is 49.6. The van der Waals surface area contributed by atoms with Crippen LogP contribution in [0.15, 0.2) is 48.6 Å². The molecule has 0 aromatic carbocycles. The summed E-state index contributed by atoms with van der Waals surface area (Å²) in [6, 6.07) is -1.01. The fraction of sp³-hybridized carbons (Fsp3) is 0.868. The summed E-state index contributed by atoms with van der Waals surface area (Å²) in [5.74, 6) is -0.597. The molecule has 6 heteroatoms. The van der Waals surface area contributed by atoms with Crippen LogP contribution in [0.5, 0.6) is 0 Å². The highest BCUT2D eigenvalue weighted by molar-refractivity contribution is 5.80. The molecule has 0 aromatic rings. The third-order valence-corrected chi connectivity index (χ3v) is 15.5. The summed E-state index contributed by atoms with van der Waals surface area (Å²) >= 11 is 0. The van der Waals surface area contributed by atoms with Crippen molar-refractivity contribution in [1.29, 1.82) is 0 Å². The molecule has 74 heavy (non-hydrogen) atoms. The maximum absolute atomic E-state index is 12.6. The van der Waals surface area contributed by atoms with E-state index in [1.165, 1.54) is 263 Å². The Morgan fingerprint density at radius 1 is 0.324 bits per heavy atom. The van der Waals surface area contributed by atoms with Crippen molar-refractivity contribution in [3.05, 3.63) is 48.6 Å². The third kappa shape index (κ3) is 55.0. The van der Waals surface area contributed by atoms with E-state index in [4.69, 9.17) is 0 Å². The van der Waals surface area contributed by atoms with Crippen molar-refractivity contribution in [2.45, 2.75) is 372 Å². The number of rotatable bonds is 61. The number of carbonyl (C=O) groups is 1. The summed E-state index contributed by atoms with van der Waals surface area (Å²) in [5.41, 5.74) is 0. The van der Waals surface area contributed by atoms with E-state index in [2.05, 4.69) is 67.8 Å². The van der Waals surface area contributed by atoms with Gasteiger partial charge in [-0.3, -0.25) is 4.79 Å². The lowest BCUT2D eigenvalue weighted by molar-refractivity contribution is -0.132. The molecule has 436 valence electrons. The zero-order valence-corrected chi connectivity index (χ0v) is 49.6. The van der Waals surface area contributed by atoms with Crippen molar-refractivity contribution in [3.8, 4) is 0 Å². The van der Waals surface area contributed by atoms with Crippen LogP contribution in [0.4, 0.5) is 0 Å². The Kier molecular flexibility index (Phi) is 60.7. The first-order chi connectivity index (χ1) is 36.5. The maximum Gasteiger partial charge on any atom is 0.249 e. The van der Waals surface area contributed by atoms with Crippen LogP contribution in [0.1, 0.15) is 348 Å². The van der Waals surface area contributed by atoms with E-state index in [9.17, 15) is 25.2 Å². The highest BCUT2D eigenvalue weighted by Crippen LogP contribution is 2.18. The molecule has 0 aliphatic carbocycles. The lowest BCUT2D eigenvalue weighted by Gasteiger charge is -2.27. The second-order valence-electron chi connectivity index (χ2n) is 22.8. The second-order valence-corrected chi connectivity index (χ2v) is 22.8. The quantitative estimate of drug-likeness (QED) is 0.0308. The largest absolute Gasteiger partial charge is 0.394 e. The van der Waals surface area contributed by atoms with E-state index in [0.717, 1.165) is 51.4 Å². The van der Waals surface area contributed by atoms with Gasteiger partial charge < -0.3 is 25.7 Å². The summed E-state index contributed by atoms with van der Waals surface area (Å²) in [4.78, 5) is 12.6. The minimum Gasteiger partial charge on any atom is -0.394 e. The average molecular weight is 1040 g/mol. The predicted molar refractivity (Wildman–Crippen MR) is 325 cm³/mol. The molecule has 0 fully saturated rings. The summed E-state index contributed by atoms with van der Waals surface area (Å²) in [5, 5.41) is 44.1. The van der Waals surface area contributed by atoms with E-state index < -0.39 is 36.9 Å². The Balaban J connectivity index is 3.65. The molecule has 0 saturated carbocycles. The van der Waals surface area contributed by atoms with Crippen LogP contribution >= 0.6 is 0 Å². The van der Waals surface area contributed by atoms with Crippen LogP contribution in [0, 0.1) is 0 Å². The van der Waals surface area contributed by atoms with Crippen LogP contribution in [0.3, 0.4) is 0 Å². The molecular weight excluding hydrogens is 911 g/mol. The minimum absolute atomic E-state index is 0.358. The molecule has 0 radical (unpaired) electrons. The molecule has 4 unspecified atom stereocenters. The van der Waals surface area contributed by atoms with Gasteiger partial charge in [-0.25, -0.2) is 0 Å². The normalized spacial score (nSPS) is 13.9. The predicted octanol–water partition coefficient (Wildman–Crippen LogP) is 20.1. The van der Waals surface area contributed by atoms with Crippen molar-refractivity contribution in [2.75, 3.05) is 6.61 Å². The summed E-state index contributed by atoms with van der Waals surface area (Å²) in [6.45, 7) is 4.08. The van der Waals surface area contributed by atoms with E-state index in [0.29, 0.717) is 19.3 Å². The van der Waals surface area contributed by atoms with Gasteiger partial charge in [-0.05, 0) is 89.9 Å². The zero-order chi connectivity index (χ0) is 53.7. The number of nitrogens with one attached hydrogen (secondary N) is 1. The minimum atomic E-state index is -1.30. The average Bonchev–Trinajstić information content (AvgIpc) is 3.41. The molecule has 6 nitrogen and oxygen atoms in total. The number of amides is 1. The third-order valence-electron chi connectivity index (χ3n) is 15.5. The van der Waals surface area contributed by atoms with Gasteiger partial charge in [0.25, 0.3) is 0 Å². The molecule has 1 amide bonds. The van der Waals surface area contributed by atoms with E-state index in [1.807, 2.05) is 0 Å². The first kappa shape index (κ1) is 72.3. The molecule has 0 rings (SSSR count). The number of hydrogen-bond acceptors (Lipinski definition) is 5. The Labute approximate surface area is 461 Å². The molecule has 0 aliphatic heterocycles. The van der Waals surface area contributed by atoms with Crippen LogP contribution in [0.2, 0.25) is 0 Å². The van der Waals surface area contributed by atoms with Crippen molar-refractivity contribution in [3.63, 3.8) is 0 Å². The van der Waals surface area contributed by atoms with Crippen LogP contribution in [-0.2, 0) is 4.79 Å². The number of carbonyl (C=O) groups excluding carboxylic acids is 1. The second kappa shape index (κ2) is 62.1. The summed E-state index contributed by atoms with van der Waals surface area (Å²) < 4.78 is 0. The standard InChI is InChI=1S/C68H129NO5/c1-3-5-7-9-11-13-15-17-19-21-23-25-27-29-31-32-33-34-36-37-39-41-43-45-47-49-51-53-55-57-59-61-65(71)67(73)64(63-70)69-68(74)66(72)62-60-58-56-54-52-50-48-46-44-42-40-38-35-30-28-26-24-22-20-18-16-14-12-10-8-6-4-2/h30,35,37,39,45,47,53,55,64-67,70-73H,3-29,31-34,36,38,40-44,46,48-52,54,56-63H2,1-2H3,(H,69,74)/b35-30-,39-37+,47-45+,55-53+. The Morgan fingerprint density at radius 3 is 0.851 bits per heavy atom. The van der Waals surface area contributed by atoms with Crippen molar-refractivity contribution in [2.24, 2.45) is 0 Å². The fourth-order valence-corrected chi connectivity index (χ4v) is 10.3. The molecule has 0 spiro atoms. The molecular formula is C68H129NO5. The molecule has 0 saturated heterocycles. The van der Waals surface area contributed by atoms with Crippen LogP contribution < -0.4 is 5.32 Å². The van der Waals surface area contributed by atoms with Crippen LogP contribution in [-0.4, -0.2) is 57.3 Å². The topological polar surface area (TPSA) is 110 Å². The Hall–Kier alpha value is -1.73. The maximum atomic E-state index is 12.6. The van der Waals surface area contributed by atoms with Gasteiger partial charge in [0.1, 0.15) is 12.2 Å². The highest BCUT2D eigenvalue weighted by atomic mass is 16.3. The van der Waals surface area contributed by atoms with Gasteiger partial charge in [0.2, 0.25) is 5.91 Å². The SMILES string of the molecule is CCCCCCCCCCCCCC/C=C\CCCCCCCCCCCCCC(O)C(=O)NC(CO)C(O)C(O)CCC/C=C/CC/C=C/CC/C=C/CCCCCCCCCCCCCCCCCCCC. The lowest BCUT2D eigenvalue weighted by atomic mass is 10.00. The summed E-state index contributed by atoms with van der Waals surface area (Å²) in [6.07, 6.45) is 80.8. The first-order valence-corrected chi connectivity index (χ1v) is 33.0. The smallest absolute Gasteiger partial charge is 0.249 e. The van der Waals surface area contributed by atoms with E-state index in [-0.39, 0.29) is 0 Å². The van der Waals surface area contributed by atoms with Crippen molar-refractivity contribution < 1.29 is 25.2 Å². The van der Waals surface area contributed by atoms with Gasteiger partial charge in [-0.15, -0.1) is 0 Å². The van der Waals surface area contributed by atoms with Gasteiger partial charge in [-0.1, -0.05) is 306 Å². The van der Waals surface area contributed by atoms with Gasteiger partial charge in [0.15, 0.2) is 0 Å². The molecule has 0 heterocycles. The van der Waals surface area contributed by atoms with Gasteiger partial charge in [0.05, 0.1) is 18.8 Å². The van der Waals surface area contributed by atoms with Crippen molar-refractivity contribution in [1.82, 2.24) is 5.32 Å². The summed E-state index contributed by atoms with van der Waals surface area (Å²) in [7, 11) is 0. The fourth-order valence-electron chi connectivity index (χ4n) is 10.3. The van der Waals surface area contributed by atoms with Crippen molar-refractivity contribution >= 4 is 5.91 Å². The Bertz CT molecular complexity index is 1210. The van der Waals surface area contributed by atoms with E-state index >= 15 is 0 Å². The molecule has 0 bridgehead atoms. The first-order valence-electron chi connectivity index (χ1n) is 33.0. The number of unbranched alkanes of at least 4 members (excludes halogenated alkanes) is 44. The number of allylic oxidation sites excluding steroid dienone is 8. The monoisotopic (exact) mass is 1040 g/mol. The van der Waals surface area contributed by atoms with E-state index in [1.54, 1.807) is 0 Å². The molecule has 5 N–H and O–H groups in total. The van der Waals surface area contributed by atoms with Gasteiger partial charge in [0, 0.05) is 0 Å². The molecule has 0 aliphatic rings. The number of hydrogen-bond donors (Lipinski definition) is 5. The Morgan fingerprint density at radius 2 is 0.568 bits per heavy atom. The highest BCUT2D eigenvalue weighted by Gasteiger charge is 2.28.